The minimum Gasteiger partial charge on any atom is -0.0795 e. The van der Waals surface area contributed by atoms with Gasteiger partial charge in [0.1, 0.15) is 0 Å². The first-order chi connectivity index (χ1) is 10.3. The summed E-state index contributed by atoms with van der Waals surface area (Å²) in [5.41, 5.74) is 10.0. The molecule has 21 heavy (non-hydrogen) atoms. The molecule has 0 unspecified atom stereocenters. The molecule has 0 N–H and O–H groups in total. The summed E-state index contributed by atoms with van der Waals surface area (Å²) in [6, 6.07) is 19.8. The Balaban J connectivity index is 1.78. The summed E-state index contributed by atoms with van der Waals surface area (Å²) in [5, 5.41) is 0. The van der Waals surface area contributed by atoms with Crippen molar-refractivity contribution in [3.05, 3.63) is 94.6 Å². The van der Waals surface area contributed by atoms with E-state index >= 15 is 0 Å². The van der Waals surface area contributed by atoms with Crippen LogP contribution in [-0.4, -0.2) is 0 Å². The van der Waals surface area contributed by atoms with Gasteiger partial charge in [-0.15, -0.1) is 0 Å². The van der Waals surface area contributed by atoms with Crippen molar-refractivity contribution in [1.29, 1.82) is 0 Å². The van der Waals surface area contributed by atoms with Crippen molar-refractivity contribution >= 4 is 11.1 Å². The first-order valence-electron chi connectivity index (χ1n) is 7.57. The molecule has 2 aliphatic rings. The predicted octanol–water partition coefficient (Wildman–Crippen LogP) is 5.57. The lowest BCUT2D eigenvalue weighted by Gasteiger charge is -2.08. The van der Waals surface area contributed by atoms with E-state index < -0.39 is 0 Å². The summed E-state index contributed by atoms with van der Waals surface area (Å²) in [4.78, 5) is 0. The van der Waals surface area contributed by atoms with Crippen molar-refractivity contribution in [3.8, 4) is 0 Å². The van der Waals surface area contributed by atoms with Crippen molar-refractivity contribution in [3.63, 3.8) is 0 Å². The Kier molecular flexibility index (Phi) is 2.89. The van der Waals surface area contributed by atoms with Crippen molar-refractivity contribution in [2.75, 3.05) is 0 Å². The molecule has 0 spiro atoms. The fourth-order valence-electron chi connectivity index (χ4n) is 3.38. The molecule has 2 aromatic rings. The Bertz CT molecular complexity index is 769. The van der Waals surface area contributed by atoms with Gasteiger partial charge in [-0.3, -0.25) is 0 Å². The average Bonchev–Trinajstić information content (AvgIpc) is 3.11. The Morgan fingerprint density at radius 1 is 0.714 bits per heavy atom. The van der Waals surface area contributed by atoms with Gasteiger partial charge in [-0.1, -0.05) is 72.3 Å². The second-order valence-corrected chi connectivity index (χ2v) is 5.86. The van der Waals surface area contributed by atoms with Gasteiger partial charge in [0.05, 0.1) is 0 Å². The highest BCUT2D eigenvalue weighted by atomic mass is 14.3. The maximum absolute atomic E-state index is 2.31. The molecule has 0 radical (unpaired) electrons. The first kappa shape index (κ1) is 12.4. The lowest BCUT2D eigenvalue weighted by Crippen LogP contribution is -1.86. The van der Waals surface area contributed by atoms with Gasteiger partial charge in [0.15, 0.2) is 0 Å². The van der Waals surface area contributed by atoms with E-state index in [0.717, 1.165) is 12.8 Å². The summed E-state index contributed by atoms with van der Waals surface area (Å²) in [7, 11) is 0. The van der Waals surface area contributed by atoms with Gasteiger partial charge in [-0.05, 0) is 53.2 Å². The third-order valence-corrected chi connectivity index (χ3v) is 4.50. The largest absolute Gasteiger partial charge is 0.0795 e. The monoisotopic (exact) mass is 270 g/mol. The molecule has 0 nitrogen and oxygen atoms in total. The van der Waals surface area contributed by atoms with Gasteiger partial charge >= 0.3 is 0 Å². The lowest BCUT2D eigenvalue weighted by atomic mass is 9.97. The number of rotatable bonds is 2. The van der Waals surface area contributed by atoms with Crippen molar-refractivity contribution in [2.24, 2.45) is 0 Å². The van der Waals surface area contributed by atoms with Gasteiger partial charge in [-0.25, -0.2) is 0 Å². The number of allylic oxidation sites excluding steroid dienone is 6. The molecule has 0 bridgehead atoms. The van der Waals surface area contributed by atoms with E-state index in [2.05, 4.69) is 73.7 Å². The van der Waals surface area contributed by atoms with Crippen LogP contribution in [0.5, 0.6) is 0 Å². The molecular formula is C21H18. The Hall–Kier alpha value is -2.34. The Morgan fingerprint density at radius 3 is 2.19 bits per heavy atom. The minimum absolute atomic E-state index is 1.06. The number of fused-ring (bicyclic) bond motifs is 1. The van der Waals surface area contributed by atoms with Crippen LogP contribution in [0, 0.1) is 6.92 Å². The molecule has 0 heterocycles. The van der Waals surface area contributed by atoms with Crippen LogP contribution >= 0.6 is 0 Å². The fourth-order valence-corrected chi connectivity index (χ4v) is 3.38. The molecule has 0 saturated carbocycles. The second kappa shape index (κ2) is 4.89. The molecule has 0 saturated heterocycles. The zero-order valence-corrected chi connectivity index (χ0v) is 12.3. The molecular weight excluding hydrogens is 252 g/mol. The van der Waals surface area contributed by atoms with E-state index in [4.69, 9.17) is 0 Å². The zero-order valence-electron chi connectivity index (χ0n) is 12.3. The SMILES string of the molecule is Cc1ccc(C2=C3C=CCC3=C(c3ccccc3)C2)cc1. The third-order valence-electron chi connectivity index (χ3n) is 4.50. The lowest BCUT2D eigenvalue weighted by molar-refractivity contribution is 1.32. The smallest absolute Gasteiger partial charge is 0.000477 e. The Morgan fingerprint density at radius 2 is 1.43 bits per heavy atom. The van der Waals surface area contributed by atoms with Crippen LogP contribution in [0.15, 0.2) is 77.9 Å². The quantitative estimate of drug-likeness (QED) is 0.669. The topological polar surface area (TPSA) is 0 Å². The maximum atomic E-state index is 2.31. The average molecular weight is 270 g/mol. The van der Waals surface area contributed by atoms with Crippen molar-refractivity contribution in [2.45, 2.75) is 19.8 Å². The molecule has 0 aliphatic heterocycles. The van der Waals surface area contributed by atoms with Crippen molar-refractivity contribution < 1.29 is 0 Å². The van der Waals surface area contributed by atoms with Gasteiger partial charge in [0.2, 0.25) is 0 Å². The molecule has 4 rings (SSSR count). The van der Waals surface area contributed by atoms with Crippen LogP contribution in [0.3, 0.4) is 0 Å². The van der Waals surface area contributed by atoms with Gasteiger partial charge in [-0.2, -0.15) is 0 Å². The summed E-state index contributed by atoms with van der Waals surface area (Å²) < 4.78 is 0. The Labute approximate surface area is 126 Å². The molecule has 0 aromatic heterocycles. The van der Waals surface area contributed by atoms with Crippen LogP contribution < -0.4 is 0 Å². The molecule has 0 atom stereocenters. The van der Waals surface area contributed by atoms with Crippen LogP contribution in [0.2, 0.25) is 0 Å². The number of hydrogen-bond donors (Lipinski definition) is 0. The molecule has 0 amide bonds. The molecule has 2 aliphatic carbocycles. The standard InChI is InChI=1S/C21H18/c1-15-10-12-17(13-11-15)21-14-20(16-6-3-2-4-7-16)18-8-5-9-19(18)21/h2-7,9-13H,8,14H2,1H3. The second-order valence-electron chi connectivity index (χ2n) is 5.86. The summed E-state index contributed by atoms with van der Waals surface area (Å²) in [6.45, 7) is 2.14. The number of hydrogen-bond acceptors (Lipinski definition) is 0. The molecule has 0 heteroatoms. The van der Waals surface area contributed by atoms with Gasteiger partial charge in [0, 0.05) is 0 Å². The highest BCUT2D eigenvalue weighted by molar-refractivity contribution is 5.95. The summed E-state index contributed by atoms with van der Waals surface area (Å²) >= 11 is 0. The van der Waals surface area contributed by atoms with E-state index in [9.17, 15) is 0 Å². The van der Waals surface area contributed by atoms with E-state index in [-0.39, 0.29) is 0 Å². The number of benzene rings is 2. The highest BCUT2D eigenvalue weighted by Crippen LogP contribution is 2.47. The van der Waals surface area contributed by atoms with Gasteiger partial charge in [0.25, 0.3) is 0 Å². The molecule has 0 fully saturated rings. The number of aryl methyl sites for hydroxylation is 1. The normalized spacial score (nSPS) is 16.8. The predicted molar refractivity (Wildman–Crippen MR) is 89.8 cm³/mol. The summed E-state index contributed by atoms with van der Waals surface area (Å²) in [5.74, 6) is 0. The molecule has 102 valence electrons. The van der Waals surface area contributed by atoms with Crippen LogP contribution in [0.1, 0.15) is 29.5 Å². The summed E-state index contributed by atoms with van der Waals surface area (Å²) in [6.07, 6.45) is 6.73. The van der Waals surface area contributed by atoms with E-state index in [1.165, 1.54) is 39.0 Å². The van der Waals surface area contributed by atoms with Gasteiger partial charge < -0.3 is 0 Å². The van der Waals surface area contributed by atoms with E-state index in [0.29, 0.717) is 0 Å². The zero-order chi connectivity index (χ0) is 14.2. The highest BCUT2D eigenvalue weighted by Gasteiger charge is 2.26. The van der Waals surface area contributed by atoms with Crippen molar-refractivity contribution in [1.82, 2.24) is 0 Å². The third kappa shape index (κ3) is 2.08. The minimum atomic E-state index is 1.06. The fraction of sp³-hybridized carbons (Fsp3) is 0.143. The van der Waals surface area contributed by atoms with E-state index in [1.54, 1.807) is 0 Å². The molecule has 2 aromatic carbocycles. The van der Waals surface area contributed by atoms with Crippen LogP contribution in [0.25, 0.3) is 11.1 Å². The van der Waals surface area contributed by atoms with E-state index in [1.807, 2.05) is 0 Å². The maximum Gasteiger partial charge on any atom is -0.000477 e. The van der Waals surface area contributed by atoms with Crippen LogP contribution in [-0.2, 0) is 0 Å². The van der Waals surface area contributed by atoms with Crippen LogP contribution in [0.4, 0.5) is 0 Å². The first-order valence-corrected chi connectivity index (χ1v) is 7.57.